The van der Waals surface area contributed by atoms with Gasteiger partial charge in [-0.2, -0.15) is 0 Å². The third-order valence-electron chi connectivity index (χ3n) is 5.86. The molecule has 1 aromatic heterocycles. The van der Waals surface area contributed by atoms with E-state index in [-0.39, 0.29) is 22.7 Å². The highest BCUT2D eigenvalue weighted by atomic mass is 35.5. The summed E-state index contributed by atoms with van der Waals surface area (Å²) in [4.78, 5) is 19.8. The molecular formula is C25H35ClN2O2. The minimum Gasteiger partial charge on any atom is -0.463 e. The van der Waals surface area contributed by atoms with Gasteiger partial charge in [0.1, 0.15) is 6.61 Å². The van der Waals surface area contributed by atoms with E-state index >= 15 is 0 Å². The van der Waals surface area contributed by atoms with Gasteiger partial charge in [0, 0.05) is 12.1 Å². The van der Waals surface area contributed by atoms with Crippen LogP contribution in [0.5, 0.6) is 0 Å². The fourth-order valence-electron chi connectivity index (χ4n) is 4.69. The molecule has 1 aromatic carbocycles. The molecule has 0 unspecified atom stereocenters. The van der Waals surface area contributed by atoms with Gasteiger partial charge in [0.25, 0.3) is 6.47 Å². The molecule has 0 spiro atoms. The summed E-state index contributed by atoms with van der Waals surface area (Å²) in [5, 5.41) is 0.284. The lowest BCUT2D eigenvalue weighted by atomic mass is 9.70. The maximum Gasteiger partial charge on any atom is 0.293 e. The van der Waals surface area contributed by atoms with Gasteiger partial charge in [0.15, 0.2) is 0 Å². The molecule has 0 amide bonds. The molecule has 1 heterocycles. The summed E-state index contributed by atoms with van der Waals surface area (Å²) in [6, 6.07) is 0. The highest BCUT2D eigenvalue weighted by Gasteiger charge is 2.32. The summed E-state index contributed by atoms with van der Waals surface area (Å²) in [5.74, 6) is 0. The first-order valence-electron chi connectivity index (χ1n) is 10.4. The van der Waals surface area contributed by atoms with Gasteiger partial charge in [-0.3, -0.25) is 4.79 Å². The number of ether oxygens (including phenoxy) is 1. The molecule has 30 heavy (non-hydrogen) atoms. The average molecular weight is 431 g/mol. The quantitative estimate of drug-likeness (QED) is 0.417. The van der Waals surface area contributed by atoms with Crippen LogP contribution in [0.4, 0.5) is 0 Å². The number of nitrogens with zero attached hydrogens (tertiary/aromatic N) is 2. The van der Waals surface area contributed by atoms with Gasteiger partial charge in [0.05, 0.1) is 5.69 Å². The van der Waals surface area contributed by atoms with Gasteiger partial charge in [-0.05, 0) is 89.1 Å². The summed E-state index contributed by atoms with van der Waals surface area (Å²) in [5.41, 5.74) is 10.1. The molecule has 2 rings (SSSR count). The molecule has 0 radical (unpaired) electrons. The standard InChI is InChI=1S/C25H35ClN2O2/c1-14-17(4)27-23(26)28-20(14)11-18-21(24(5,6)7)15(2)19(12-30-13-29)16(3)22(18)25(8,9)10/h13H,11-12H2,1-10H3. The van der Waals surface area contributed by atoms with Crippen molar-refractivity contribution in [1.29, 1.82) is 0 Å². The number of rotatable bonds is 5. The van der Waals surface area contributed by atoms with Crippen LogP contribution in [0, 0.1) is 27.7 Å². The number of aryl methyl sites for hydroxylation is 1. The smallest absolute Gasteiger partial charge is 0.293 e. The highest BCUT2D eigenvalue weighted by Crippen LogP contribution is 2.42. The molecule has 164 valence electrons. The van der Waals surface area contributed by atoms with Crippen LogP contribution in [0.15, 0.2) is 0 Å². The largest absolute Gasteiger partial charge is 0.463 e. The summed E-state index contributed by atoms with van der Waals surface area (Å²) in [6.07, 6.45) is 0.685. The molecule has 0 aliphatic rings. The third-order valence-corrected chi connectivity index (χ3v) is 6.03. The van der Waals surface area contributed by atoms with Gasteiger partial charge in [-0.1, -0.05) is 41.5 Å². The Balaban J connectivity index is 2.94. The van der Waals surface area contributed by atoms with Crippen molar-refractivity contribution >= 4 is 18.1 Å². The SMILES string of the molecule is Cc1nc(Cl)nc(Cc2c(C(C)(C)C)c(C)c(COC=O)c(C)c2C(C)(C)C)c1C. The average Bonchev–Trinajstić information content (AvgIpc) is 2.56. The predicted octanol–water partition coefficient (Wildman–Crippen LogP) is 6.22. The van der Waals surface area contributed by atoms with Crippen molar-refractivity contribution in [3.63, 3.8) is 0 Å². The number of halogens is 1. The number of aromatic nitrogens is 2. The van der Waals surface area contributed by atoms with Crippen LogP contribution < -0.4 is 0 Å². The van der Waals surface area contributed by atoms with Crippen LogP contribution in [0.25, 0.3) is 0 Å². The Morgan fingerprint density at radius 2 is 1.33 bits per heavy atom. The lowest BCUT2D eigenvalue weighted by Crippen LogP contribution is -2.26. The van der Waals surface area contributed by atoms with Crippen LogP contribution in [0.3, 0.4) is 0 Å². The molecule has 0 aliphatic heterocycles. The number of hydrogen-bond donors (Lipinski definition) is 0. The lowest BCUT2D eigenvalue weighted by Gasteiger charge is -2.35. The van der Waals surface area contributed by atoms with E-state index in [9.17, 15) is 4.79 Å². The second-order valence-corrected chi connectivity index (χ2v) is 10.5. The van der Waals surface area contributed by atoms with Crippen LogP contribution >= 0.6 is 11.6 Å². The van der Waals surface area contributed by atoms with Crippen molar-refractivity contribution < 1.29 is 9.53 Å². The molecule has 4 nitrogen and oxygen atoms in total. The number of carbonyl (C=O) groups is 1. The maximum absolute atomic E-state index is 10.9. The number of carbonyl (C=O) groups excluding carboxylic acids is 1. The lowest BCUT2D eigenvalue weighted by molar-refractivity contribution is -0.129. The fraction of sp³-hybridized carbons (Fsp3) is 0.560. The van der Waals surface area contributed by atoms with Gasteiger partial charge in [-0.15, -0.1) is 0 Å². The summed E-state index contributed by atoms with van der Waals surface area (Å²) >= 11 is 6.22. The van der Waals surface area contributed by atoms with Crippen LogP contribution in [0.1, 0.15) is 91.9 Å². The summed E-state index contributed by atoms with van der Waals surface area (Å²) < 4.78 is 5.21. The Labute approximate surface area is 186 Å². The molecule has 0 saturated carbocycles. The first kappa shape index (κ1) is 24.3. The van der Waals surface area contributed by atoms with Gasteiger partial charge in [-0.25, -0.2) is 9.97 Å². The first-order valence-corrected chi connectivity index (χ1v) is 10.8. The van der Waals surface area contributed by atoms with Crippen LogP contribution in [0.2, 0.25) is 5.28 Å². The molecule has 0 N–H and O–H groups in total. The van der Waals surface area contributed by atoms with Crippen molar-refractivity contribution in [2.45, 2.75) is 93.1 Å². The molecule has 0 saturated heterocycles. The van der Waals surface area contributed by atoms with E-state index in [1.165, 1.54) is 27.8 Å². The molecule has 2 aromatic rings. The third kappa shape index (κ3) is 4.85. The second kappa shape index (κ2) is 8.66. The van der Waals surface area contributed by atoms with Crippen molar-refractivity contribution in [3.05, 3.63) is 55.6 Å². The van der Waals surface area contributed by atoms with Crippen molar-refractivity contribution in [1.82, 2.24) is 9.97 Å². The predicted molar refractivity (Wildman–Crippen MR) is 123 cm³/mol. The molecule has 5 heteroatoms. The van der Waals surface area contributed by atoms with Crippen LogP contribution in [-0.4, -0.2) is 16.4 Å². The van der Waals surface area contributed by atoms with Crippen molar-refractivity contribution in [3.8, 4) is 0 Å². The number of benzene rings is 1. The second-order valence-electron chi connectivity index (χ2n) is 10.2. The zero-order valence-electron chi connectivity index (χ0n) is 20.1. The monoisotopic (exact) mass is 430 g/mol. The van der Waals surface area contributed by atoms with E-state index in [0.29, 0.717) is 12.9 Å². The Hall–Kier alpha value is -1.94. The minimum atomic E-state index is -0.0944. The van der Waals surface area contributed by atoms with Crippen molar-refractivity contribution in [2.24, 2.45) is 0 Å². The number of hydrogen-bond acceptors (Lipinski definition) is 4. The van der Waals surface area contributed by atoms with Crippen LogP contribution in [-0.2, 0) is 33.4 Å². The van der Waals surface area contributed by atoms with E-state index in [0.717, 1.165) is 22.5 Å². The molecule has 0 aliphatic carbocycles. The molecule has 0 fully saturated rings. The fourth-order valence-corrected chi connectivity index (χ4v) is 4.92. The van der Waals surface area contributed by atoms with E-state index < -0.39 is 0 Å². The Morgan fingerprint density at radius 3 is 1.77 bits per heavy atom. The Kier molecular flexibility index (Phi) is 7.03. The molecular weight excluding hydrogens is 396 g/mol. The minimum absolute atomic E-state index is 0.0944. The van der Waals surface area contributed by atoms with Crippen molar-refractivity contribution in [2.75, 3.05) is 0 Å². The molecule has 0 atom stereocenters. The van der Waals surface area contributed by atoms with Gasteiger partial charge < -0.3 is 4.74 Å². The summed E-state index contributed by atoms with van der Waals surface area (Å²) in [7, 11) is 0. The van der Waals surface area contributed by atoms with E-state index in [1.54, 1.807) is 0 Å². The van der Waals surface area contributed by atoms with Gasteiger partial charge >= 0.3 is 0 Å². The zero-order chi connectivity index (χ0) is 23.0. The Morgan fingerprint density at radius 1 is 0.833 bits per heavy atom. The van der Waals surface area contributed by atoms with E-state index in [4.69, 9.17) is 16.3 Å². The zero-order valence-corrected chi connectivity index (χ0v) is 20.8. The van der Waals surface area contributed by atoms with E-state index in [1.807, 2.05) is 6.92 Å². The van der Waals surface area contributed by atoms with E-state index in [2.05, 4.69) is 72.3 Å². The first-order chi connectivity index (χ1) is 13.7. The molecule has 0 bridgehead atoms. The topological polar surface area (TPSA) is 52.1 Å². The summed E-state index contributed by atoms with van der Waals surface area (Å²) in [6.45, 7) is 22.5. The maximum atomic E-state index is 10.9. The Bertz CT molecular complexity index is 926. The highest BCUT2D eigenvalue weighted by molar-refractivity contribution is 6.28. The van der Waals surface area contributed by atoms with Gasteiger partial charge in [0.2, 0.25) is 5.28 Å². The normalized spacial score (nSPS) is 12.2.